The zero-order valence-electron chi connectivity index (χ0n) is 15.4. The maximum absolute atomic E-state index is 12.9. The van der Waals surface area contributed by atoms with Gasteiger partial charge < -0.3 is 15.3 Å². The Morgan fingerprint density at radius 3 is 2.57 bits per heavy atom. The first kappa shape index (κ1) is 19.9. The number of hydrogen-bond donors (Lipinski definition) is 2. The van der Waals surface area contributed by atoms with E-state index in [1.807, 2.05) is 35.2 Å². The van der Waals surface area contributed by atoms with Gasteiger partial charge in [-0.05, 0) is 36.8 Å². The summed E-state index contributed by atoms with van der Waals surface area (Å²) in [4.78, 5) is 14.3. The Labute approximate surface area is 166 Å². The molecule has 0 saturated heterocycles. The number of carbonyl (C=O) groups excluding carboxylic acids is 1. The molecular formula is C20H21FN4O2S. The van der Waals surface area contributed by atoms with Gasteiger partial charge in [-0.1, -0.05) is 41.7 Å². The third-order valence-corrected chi connectivity index (χ3v) is 4.87. The van der Waals surface area contributed by atoms with E-state index in [0.717, 1.165) is 11.3 Å². The summed E-state index contributed by atoms with van der Waals surface area (Å²) in [5.41, 5.74) is 1.76. The van der Waals surface area contributed by atoms with Crippen LogP contribution in [0, 0.1) is 5.82 Å². The molecule has 2 N–H and O–H groups in total. The number of para-hydroxylation sites is 1. The first-order chi connectivity index (χ1) is 13.5. The number of rotatable bonds is 8. The van der Waals surface area contributed by atoms with Crippen LogP contribution in [0.1, 0.15) is 27.3 Å². The summed E-state index contributed by atoms with van der Waals surface area (Å²) in [5.74, 6) is -0.640. The van der Waals surface area contributed by atoms with E-state index >= 15 is 0 Å². The fourth-order valence-corrected chi connectivity index (χ4v) is 3.42. The minimum atomic E-state index is -0.508. The number of carbonyl (C=O) groups is 1. The lowest BCUT2D eigenvalue weighted by Crippen LogP contribution is -2.30. The van der Waals surface area contributed by atoms with Crippen LogP contribution >= 0.6 is 11.3 Å². The minimum absolute atomic E-state index is 0.266. The van der Waals surface area contributed by atoms with Crippen molar-refractivity contribution < 1.29 is 14.3 Å². The fourth-order valence-electron chi connectivity index (χ4n) is 2.65. The van der Waals surface area contributed by atoms with E-state index in [1.165, 1.54) is 23.5 Å². The maximum atomic E-state index is 12.9. The van der Waals surface area contributed by atoms with Crippen molar-refractivity contribution >= 4 is 22.9 Å². The Morgan fingerprint density at radius 2 is 1.89 bits per heavy atom. The Kier molecular flexibility index (Phi) is 6.67. The summed E-state index contributed by atoms with van der Waals surface area (Å²) < 4.78 is 12.9. The SMILES string of the molecule is CC(O)CN(Cc1nnc(C(=O)NCc2ccc(F)cc2)s1)c1ccccc1. The van der Waals surface area contributed by atoms with Crippen molar-refractivity contribution in [1.29, 1.82) is 0 Å². The van der Waals surface area contributed by atoms with Crippen molar-refractivity contribution in [3.05, 3.63) is 76.0 Å². The molecule has 146 valence electrons. The predicted molar refractivity (Wildman–Crippen MR) is 107 cm³/mol. The topological polar surface area (TPSA) is 78.3 Å². The van der Waals surface area contributed by atoms with Crippen LogP contribution in [-0.4, -0.2) is 33.9 Å². The van der Waals surface area contributed by atoms with Crippen LogP contribution in [0.4, 0.5) is 10.1 Å². The van der Waals surface area contributed by atoms with E-state index in [-0.39, 0.29) is 23.3 Å². The van der Waals surface area contributed by atoms with E-state index in [0.29, 0.717) is 18.1 Å². The number of halogens is 1. The van der Waals surface area contributed by atoms with E-state index in [2.05, 4.69) is 15.5 Å². The molecule has 0 fully saturated rings. The van der Waals surface area contributed by atoms with Gasteiger partial charge in [0.25, 0.3) is 5.91 Å². The van der Waals surface area contributed by atoms with Gasteiger partial charge in [-0.2, -0.15) is 0 Å². The molecule has 2 aromatic carbocycles. The van der Waals surface area contributed by atoms with Crippen LogP contribution in [-0.2, 0) is 13.1 Å². The zero-order chi connectivity index (χ0) is 19.9. The van der Waals surface area contributed by atoms with Crippen LogP contribution in [0.5, 0.6) is 0 Å². The molecule has 0 saturated carbocycles. The molecule has 0 radical (unpaired) electrons. The van der Waals surface area contributed by atoms with Gasteiger partial charge in [0.05, 0.1) is 12.6 Å². The summed E-state index contributed by atoms with van der Waals surface area (Å²) in [6.45, 7) is 2.89. The number of benzene rings is 2. The maximum Gasteiger partial charge on any atom is 0.282 e. The molecule has 3 aromatic rings. The van der Waals surface area contributed by atoms with Gasteiger partial charge in [0.1, 0.15) is 10.8 Å². The third kappa shape index (κ3) is 5.58. The molecule has 0 bridgehead atoms. The first-order valence-corrected chi connectivity index (χ1v) is 9.66. The number of nitrogens with zero attached hydrogens (tertiary/aromatic N) is 3. The van der Waals surface area contributed by atoms with Crippen molar-refractivity contribution in [1.82, 2.24) is 15.5 Å². The highest BCUT2D eigenvalue weighted by Gasteiger charge is 2.16. The number of aromatic nitrogens is 2. The molecule has 0 aliphatic rings. The Hall–Kier alpha value is -2.84. The Balaban J connectivity index is 1.63. The van der Waals surface area contributed by atoms with Gasteiger partial charge in [-0.15, -0.1) is 10.2 Å². The van der Waals surface area contributed by atoms with Gasteiger partial charge in [0.2, 0.25) is 5.01 Å². The molecule has 8 heteroatoms. The lowest BCUT2D eigenvalue weighted by molar-refractivity contribution is 0.0950. The molecule has 1 unspecified atom stereocenters. The summed E-state index contributed by atoms with van der Waals surface area (Å²) >= 11 is 1.21. The van der Waals surface area contributed by atoms with Gasteiger partial charge in [0.15, 0.2) is 0 Å². The van der Waals surface area contributed by atoms with Crippen LogP contribution in [0.3, 0.4) is 0 Å². The zero-order valence-corrected chi connectivity index (χ0v) is 16.2. The minimum Gasteiger partial charge on any atom is -0.392 e. The molecule has 0 aliphatic carbocycles. The number of amides is 1. The van der Waals surface area contributed by atoms with E-state index in [1.54, 1.807) is 19.1 Å². The quantitative estimate of drug-likeness (QED) is 0.608. The van der Waals surface area contributed by atoms with Gasteiger partial charge in [0, 0.05) is 18.8 Å². The highest BCUT2D eigenvalue weighted by molar-refractivity contribution is 7.13. The van der Waals surface area contributed by atoms with Crippen molar-refractivity contribution in [2.45, 2.75) is 26.1 Å². The molecule has 1 atom stereocenters. The lowest BCUT2D eigenvalue weighted by Gasteiger charge is -2.24. The van der Waals surface area contributed by atoms with E-state index in [9.17, 15) is 14.3 Å². The molecular weight excluding hydrogens is 379 g/mol. The number of hydrogen-bond acceptors (Lipinski definition) is 6. The van der Waals surface area contributed by atoms with Crippen LogP contribution in [0.2, 0.25) is 0 Å². The van der Waals surface area contributed by atoms with Gasteiger partial charge in [-0.3, -0.25) is 4.79 Å². The third-order valence-electron chi connectivity index (χ3n) is 3.96. The molecule has 28 heavy (non-hydrogen) atoms. The highest BCUT2D eigenvalue weighted by Crippen LogP contribution is 2.19. The predicted octanol–water partition coefficient (Wildman–Crippen LogP) is 2.99. The normalized spacial score (nSPS) is 11.8. The van der Waals surface area contributed by atoms with Crippen LogP contribution in [0.25, 0.3) is 0 Å². The summed E-state index contributed by atoms with van der Waals surface area (Å²) in [7, 11) is 0. The molecule has 3 rings (SSSR count). The average Bonchev–Trinajstić information content (AvgIpc) is 3.16. The fraction of sp³-hybridized carbons (Fsp3) is 0.250. The number of anilines is 1. The molecule has 1 heterocycles. The number of aliphatic hydroxyl groups excluding tert-OH is 1. The molecule has 0 aliphatic heterocycles. The van der Waals surface area contributed by atoms with Crippen molar-refractivity contribution in [2.24, 2.45) is 0 Å². The van der Waals surface area contributed by atoms with Crippen molar-refractivity contribution in [2.75, 3.05) is 11.4 Å². The smallest absolute Gasteiger partial charge is 0.282 e. The summed E-state index contributed by atoms with van der Waals surface area (Å²) in [6.07, 6.45) is -0.508. The summed E-state index contributed by atoms with van der Waals surface area (Å²) in [5, 5.41) is 21.6. The van der Waals surface area contributed by atoms with E-state index in [4.69, 9.17) is 0 Å². The average molecular weight is 400 g/mol. The van der Waals surface area contributed by atoms with Crippen LogP contribution < -0.4 is 10.2 Å². The van der Waals surface area contributed by atoms with Gasteiger partial charge in [-0.25, -0.2) is 4.39 Å². The second-order valence-corrected chi connectivity index (χ2v) is 7.44. The Morgan fingerprint density at radius 1 is 1.18 bits per heavy atom. The Bertz CT molecular complexity index is 900. The molecule has 6 nitrogen and oxygen atoms in total. The van der Waals surface area contributed by atoms with E-state index < -0.39 is 6.10 Å². The number of aliphatic hydroxyl groups is 1. The van der Waals surface area contributed by atoms with Crippen molar-refractivity contribution in [3.8, 4) is 0 Å². The van der Waals surface area contributed by atoms with Gasteiger partial charge >= 0.3 is 0 Å². The molecule has 1 amide bonds. The second-order valence-electron chi connectivity index (χ2n) is 6.38. The lowest BCUT2D eigenvalue weighted by atomic mass is 10.2. The monoisotopic (exact) mass is 400 g/mol. The first-order valence-electron chi connectivity index (χ1n) is 8.84. The highest BCUT2D eigenvalue weighted by atomic mass is 32.1. The molecule has 1 aromatic heterocycles. The largest absolute Gasteiger partial charge is 0.392 e. The second kappa shape index (κ2) is 9.38. The standard InChI is InChI=1S/C20H21FN4O2S/c1-14(26)12-25(17-5-3-2-4-6-17)13-18-23-24-20(28-18)19(27)22-11-15-7-9-16(21)10-8-15/h2-10,14,26H,11-13H2,1H3,(H,22,27). The van der Waals surface area contributed by atoms with Crippen LogP contribution in [0.15, 0.2) is 54.6 Å². The molecule has 0 spiro atoms. The number of nitrogens with one attached hydrogen (secondary N) is 1. The van der Waals surface area contributed by atoms with Crippen molar-refractivity contribution in [3.63, 3.8) is 0 Å². The summed E-state index contributed by atoms with van der Waals surface area (Å²) in [6, 6.07) is 15.6.